The standard InChI is InChI=1S/C15H17ClFN3O/c1-18-7-2-3-12(10-18)15(21)20(17)19-8-6-11-9-13(16)4-5-14(11)19/h4-6,8-9,12H,2-3,7,10H2,1H3. The second-order valence-corrected chi connectivity index (χ2v) is 6.00. The van der Waals surface area contributed by atoms with Crippen LogP contribution in [0.5, 0.6) is 0 Å². The molecule has 2 aromatic rings. The summed E-state index contributed by atoms with van der Waals surface area (Å²) in [7, 11) is 1.95. The molecule has 112 valence electrons. The van der Waals surface area contributed by atoms with E-state index in [-0.39, 0.29) is 11.1 Å². The molecule has 0 spiro atoms. The molecule has 1 unspecified atom stereocenters. The molecule has 6 heteroatoms. The van der Waals surface area contributed by atoms with E-state index in [1.54, 1.807) is 30.5 Å². The van der Waals surface area contributed by atoms with E-state index >= 15 is 0 Å². The third-order valence-corrected chi connectivity index (χ3v) is 4.21. The zero-order valence-electron chi connectivity index (χ0n) is 11.8. The summed E-state index contributed by atoms with van der Waals surface area (Å²) in [5.74, 6) is -0.785. The zero-order valence-corrected chi connectivity index (χ0v) is 12.6. The van der Waals surface area contributed by atoms with Crippen LogP contribution >= 0.6 is 11.6 Å². The van der Waals surface area contributed by atoms with Gasteiger partial charge in [-0.3, -0.25) is 4.79 Å². The van der Waals surface area contributed by atoms with Crippen molar-refractivity contribution in [1.29, 1.82) is 0 Å². The van der Waals surface area contributed by atoms with Crippen molar-refractivity contribution in [1.82, 2.24) is 9.58 Å². The van der Waals surface area contributed by atoms with E-state index in [1.807, 2.05) is 7.05 Å². The monoisotopic (exact) mass is 309 g/mol. The molecule has 4 nitrogen and oxygen atoms in total. The highest BCUT2D eigenvalue weighted by atomic mass is 35.5. The molecule has 1 amide bonds. The van der Waals surface area contributed by atoms with Crippen molar-refractivity contribution in [2.75, 3.05) is 25.4 Å². The fourth-order valence-corrected chi connectivity index (χ4v) is 3.06. The lowest BCUT2D eigenvalue weighted by molar-refractivity contribution is -0.129. The Hall–Kier alpha value is -1.59. The summed E-state index contributed by atoms with van der Waals surface area (Å²) in [6.45, 7) is 1.56. The average Bonchev–Trinajstić information content (AvgIpc) is 2.88. The van der Waals surface area contributed by atoms with Gasteiger partial charge in [-0.2, -0.15) is 0 Å². The lowest BCUT2D eigenvalue weighted by Gasteiger charge is -2.30. The fourth-order valence-electron chi connectivity index (χ4n) is 2.88. The number of carbonyl (C=O) groups excluding carboxylic acids is 1. The van der Waals surface area contributed by atoms with Crippen LogP contribution in [-0.2, 0) is 4.79 Å². The normalized spacial score (nSPS) is 19.9. The zero-order chi connectivity index (χ0) is 15.0. The number of hydrogen-bond acceptors (Lipinski definition) is 2. The van der Waals surface area contributed by atoms with E-state index < -0.39 is 5.91 Å². The first-order chi connectivity index (χ1) is 10.1. The van der Waals surface area contributed by atoms with E-state index in [4.69, 9.17) is 11.6 Å². The molecule has 0 radical (unpaired) electrons. The summed E-state index contributed by atoms with van der Waals surface area (Å²) in [4.78, 5) is 14.4. The summed E-state index contributed by atoms with van der Waals surface area (Å²) in [5, 5.41) is 1.62. The minimum atomic E-state index is -0.492. The van der Waals surface area contributed by atoms with Gasteiger partial charge in [-0.25, -0.2) is 4.68 Å². The number of nitrogens with zero attached hydrogens (tertiary/aromatic N) is 3. The SMILES string of the molecule is CN1CCCC(C(=O)N(F)n2ccc3cc(Cl)ccc32)C1. The van der Waals surface area contributed by atoms with E-state index in [0.29, 0.717) is 17.1 Å². The molecule has 1 aliphatic rings. The molecular weight excluding hydrogens is 293 g/mol. The van der Waals surface area contributed by atoms with Gasteiger partial charge in [0.05, 0.1) is 11.4 Å². The molecule has 1 aliphatic heterocycles. The van der Waals surface area contributed by atoms with Gasteiger partial charge in [0.25, 0.3) is 5.91 Å². The van der Waals surface area contributed by atoms with E-state index in [1.165, 1.54) is 4.68 Å². The van der Waals surface area contributed by atoms with Crippen molar-refractivity contribution in [3.63, 3.8) is 0 Å². The number of rotatable bonds is 2. The summed E-state index contributed by atoms with van der Waals surface area (Å²) in [6, 6.07) is 6.89. The Morgan fingerprint density at radius 1 is 1.43 bits per heavy atom. The Bertz CT molecular complexity index is 672. The van der Waals surface area contributed by atoms with E-state index in [9.17, 15) is 9.28 Å². The van der Waals surface area contributed by atoms with Gasteiger partial charge in [0.15, 0.2) is 0 Å². The second kappa shape index (κ2) is 5.66. The third kappa shape index (κ3) is 2.76. The number of benzene rings is 1. The Morgan fingerprint density at radius 3 is 3.00 bits per heavy atom. The maximum Gasteiger partial charge on any atom is 0.276 e. The molecule has 1 saturated heterocycles. The maximum absolute atomic E-state index is 14.5. The summed E-state index contributed by atoms with van der Waals surface area (Å²) >= 11 is 5.92. The lowest BCUT2D eigenvalue weighted by atomic mass is 9.98. The number of carbonyl (C=O) groups is 1. The molecule has 1 atom stereocenters. The highest BCUT2D eigenvalue weighted by Crippen LogP contribution is 2.23. The molecule has 1 fully saturated rings. The first-order valence-corrected chi connectivity index (χ1v) is 7.39. The number of piperidine rings is 1. The second-order valence-electron chi connectivity index (χ2n) is 5.56. The molecule has 3 rings (SSSR count). The van der Waals surface area contributed by atoms with Crippen molar-refractivity contribution < 1.29 is 9.28 Å². The Labute approximate surface area is 127 Å². The Kier molecular flexibility index (Phi) is 3.87. The minimum Gasteiger partial charge on any atom is -0.306 e. The van der Waals surface area contributed by atoms with Gasteiger partial charge in [-0.15, -0.1) is 0 Å². The highest BCUT2D eigenvalue weighted by Gasteiger charge is 2.29. The molecule has 0 bridgehead atoms. The van der Waals surface area contributed by atoms with Gasteiger partial charge in [-0.05, 0) is 50.7 Å². The number of halogens is 2. The Morgan fingerprint density at radius 2 is 2.24 bits per heavy atom. The van der Waals surface area contributed by atoms with Crippen LogP contribution in [0.2, 0.25) is 5.02 Å². The number of fused-ring (bicyclic) bond motifs is 1. The predicted molar refractivity (Wildman–Crippen MR) is 81.5 cm³/mol. The predicted octanol–water partition coefficient (Wildman–Crippen LogP) is 2.99. The summed E-state index contributed by atoms with van der Waals surface area (Å²) in [5.41, 5.74) is 0.624. The van der Waals surface area contributed by atoms with Crippen LogP contribution in [0.3, 0.4) is 0 Å². The molecule has 0 N–H and O–H groups in total. The molecule has 1 aromatic heterocycles. The number of likely N-dealkylation sites (tertiary alicyclic amines) is 1. The fraction of sp³-hybridized carbons (Fsp3) is 0.400. The van der Waals surface area contributed by atoms with Crippen molar-refractivity contribution in [3.05, 3.63) is 35.5 Å². The molecule has 2 heterocycles. The van der Waals surface area contributed by atoms with Crippen molar-refractivity contribution in [3.8, 4) is 0 Å². The van der Waals surface area contributed by atoms with Crippen LogP contribution in [0, 0.1) is 5.92 Å². The molecule has 0 aliphatic carbocycles. The van der Waals surface area contributed by atoms with Gasteiger partial charge >= 0.3 is 0 Å². The smallest absolute Gasteiger partial charge is 0.276 e. The maximum atomic E-state index is 14.5. The quantitative estimate of drug-likeness (QED) is 0.798. The molecule has 21 heavy (non-hydrogen) atoms. The minimum absolute atomic E-state index is 0.222. The topological polar surface area (TPSA) is 28.5 Å². The number of amides is 1. The molecular formula is C15H17ClFN3O. The van der Waals surface area contributed by atoms with Crippen LogP contribution < -0.4 is 5.23 Å². The van der Waals surface area contributed by atoms with Crippen molar-refractivity contribution in [2.24, 2.45) is 5.92 Å². The van der Waals surface area contributed by atoms with Crippen LogP contribution in [0.25, 0.3) is 10.9 Å². The van der Waals surface area contributed by atoms with Gasteiger partial charge in [0.1, 0.15) is 0 Å². The van der Waals surface area contributed by atoms with Crippen molar-refractivity contribution >= 4 is 28.4 Å². The van der Waals surface area contributed by atoms with Crippen molar-refractivity contribution in [2.45, 2.75) is 12.8 Å². The van der Waals surface area contributed by atoms with E-state index in [0.717, 1.165) is 24.8 Å². The van der Waals surface area contributed by atoms with Crippen LogP contribution in [0.4, 0.5) is 4.48 Å². The highest BCUT2D eigenvalue weighted by molar-refractivity contribution is 6.31. The van der Waals surface area contributed by atoms with Crippen LogP contribution in [0.15, 0.2) is 30.5 Å². The van der Waals surface area contributed by atoms with Crippen LogP contribution in [0.1, 0.15) is 12.8 Å². The van der Waals surface area contributed by atoms with E-state index in [2.05, 4.69) is 4.90 Å². The lowest BCUT2D eigenvalue weighted by Crippen LogP contribution is -2.44. The van der Waals surface area contributed by atoms with Crippen LogP contribution in [-0.4, -0.2) is 35.6 Å². The number of aromatic nitrogens is 1. The summed E-state index contributed by atoms with van der Waals surface area (Å²) in [6.07, 6.45) is 3.20. The molecule has 0 saturated carbocycles. The first kappa shape index (κ1) is 14.4. The largest absolute Gasteiger partial charge is 0.306 e. The van der Waals surface area contributed by atoms with Gasteiger partial charge in [0.2, 0.25) is 0 Å². The molecule has 1 aromatic carbocycles. The number of hydrogen-bond donors (Lipinski definition) is 0. The van der Waals surface area contributed by atoms with Gasteiger partial charge in [-0.1, -0.05) is 21.3 Å². The third-order valence-electron chi connectivity index (χ3n) is 3.98. The Balaban J connectivity index is 1.86. The van der Waals surface area contributed by atoms with Gasteiger partial charge < -0.3 is 4.90 Å². The first-order valence-electron chi connectivity index (χ1n) is 7.01. The van der Waals surface area contributed by atoms with Gasteiger partial charge in [0, 0.05) is 23.2 Å². The summed E-state index contributed by atoms with van der Waals surface area (Å²) < 4.78 is 15.7. The average molecular weight is 310 g/mol.